The molecule has 0 heterocycles. The molecule has 3 atom stereocenters. The number of aliphatic hydroxyl groups excluding tert-OH is 1. The zero-order valence-electron chi connectivity index (χ0n) is 17.2. The van der Waals surface area contributed by atoms with Crippen molar-refractivity contribution in [1.29, 1.82) is 0 Å². The van der Waals surface area contributed by atoms with E-state index < -0.39 is 24.9 Å². The van der Waals surface area contributed by atoms with E-state index in [0.717, 1.165) is 11.1 Å². The molecule has 0 saturated heterocycles. The number of hydrogen-bond acceptors (Lipinski definition) is 4. The summed E-state index contributed by atoms with van der Waals surface area (Å²) in [5.74, 6) is -1.51. The first kappa shape index (κ1) is 22.8. The van der Waals surface area contributed by atoms with Gasteiger partial charge in [-0.1, -0.05) is 81.4 Å². The molecule has 0 aliphatic heterocycles. The summed E-state index contributed by atoms with van der Waals surface area (Å²) in [5.41, 5.74) is 1.69. The second kappa shape index (κ2) is 9.82. The molecule has 0 aromatic heterocycles. The van der Waals surface area contributed by atoms with Crippen molar-refractivity contribution in [3.8, 4) is 0 Å². The standard InChI is InChI=1S/C22H32NO4P/c1-5-27-28(25,26)21(24)20(22(2,3)4)23(16-18-12-8-6-9-13-18)17-19-14-10-7-11-15-19/h6-15,20-21,24H,5,16-17H2,1-4H3,(H,25,26)/t20-,21+/m1/s1. The second-order valence-corrected chi connectivity index (χ2v) is 10.00. The van der Waals surface area contributed by atoms with Crippen molar-refractivity contribution in [2.45, 2.75) is 52.7 Å². The summed E-state index contributed by atoms with van der Waals surface area (Å²) in [7, 11) is -4.19. The van der Waals surface area contributed by atoms with E-state index in [2.05, 4.69) is 4.90 Å². The molecule has 0 aliphatic rings. The van der Waals surface area contributed by atoms with Crippen LogP contribution in [0.5, 0.6) is 0 Å². The van der Waals surface area contributed by atoms with E-state index in [1.54, 1.807) is 6.92 Å². The Hall–Kier alpha value is -1.49. The Kier molecular flexibility index (Phi) is 7.99. The molecule has 0 saturated carbocycles. The first-order chi connectivity index (χ1) is 13.1. The van der Waals surface area contributed by atoms with Crippen molar-refractivity contribution in [3.05, 3.63) is 71.8 Å². The Morgan fingerprint density at radius 2 is 1.39 bits per heavy atom. The van der Waals surface area contributed by atoms with Gasteiger partial charge in [-0.3, -0.25) is 9.46 Å². The monoisotopic (exact) mass is 405 g/mol. The summed E-state index contributed by atoms with van der Waals surface area (Å²) in [6.07, 6.45) is 0. The van der Waals surface area contributed by atoms with Gasteiger partial charge >= 0.3 is 7.60 Å². The topological polar surface area (TPSA) is 70.0 Å². The third-order valence-electron chi connectivity index (χ3n) is 4.67. The summed E-state index contributed by atoms with van der Waals surface area (Å²) in [5, 5.41) is 11.0. The van der Waals surface area contributed by atoms with E-state index in [0.29, 0.717) is 13.1 Å². The number of benzene rings is 2. The van der Waals surface area contributed by atoms with Gasteiger partial charge in [-0.25, -0.2) is 0 Å². The fourth-order valence-electron chi connectivity index (χ4n) is 3.51. The van der Waals surface area contributed by atoms with E-state index in [9.17, 15) is 14.6 Å². The molecule has 2 aromatic rings. The van der Waals surface area contributed by atoms with E-state index >= 15 is 0 Å². The minimum atomic E-state index is -4.19. The van der Waals surface area contributed by atoms with Gasteiger partial charge in [0.05, 0.1) is 12.6 Å². The molecule has 2 aromatic carbocycles. The third kappa shape index (κ3) is 6.26. The van der Waals surface area contributed by atoms with Crippen molar-refractivity contribution in [2.24, 2.45) is 5.41 Å². The van der Waals surface area contributed by atoms with Crippen molar-refractivity contribution in [1.82, 2.24) is 4.90 Å². The largest absolute Gasteiger partial charge is 0.379 e. The average Bonchev–Trinajstić information content (AvgIpc) is 2.62. The maximum atomic E-state index is 12.7. The zero-order valence-corrected chi connectivity index (χ0v) is 18.0. The molecule has 0 spiro atoms. The summed E-state index contributed by atoms with van der Waals surface area (Å²) in [4.78, 5) is 12.4. The van der Waals surface area contributed by atoms with Gasteiger partial charge in [0.2, 0.25) is 0 Å². The van der Waals surface area contributed by atoms with E-state index in [1.807, 2.05) is 81.4 Å². The first-order valence-electron chi connectivity index (χ1n) is 9.62. The third-order valence-corrected chi connectivity index (χ3v) is 6.25. The quantitative estimate of drug-likeness (QED) is 0.595. The summed E-state index contributed by atoms with van der Waals surface area (Å²) in [6, 6.07) is 19.3. The lowest BCUT2D eigenvalue weighted by Crippen LogP contribution is -2.50. The van der Waals surface area contributed by atoms with Crippen molar-refractivity contribution in [2.75, 3.05) is 6.61 Å². The summed E-state index contributed by atoms with van der Waals surface area (Å²) in [6.45, 7) is 8.70. The average molecular weight is 405 g/mol. The Bertz CT molecular complexity index is 720. The second-order valence-electron chi connectivity index (χ2n) is 8.08. The van der Waals surface area contributed by atoms with Crippen LogP contribution in [-0.2, 0) is 22.2 Å². The van der Waals surface area contributed by atoms with E-state index in [4.69, 9.17) is 4.52 Å². The van der Waals surface area contributed by atoms with Crippen LogP contribution in [0.25, 0.3) is 0 Å². The van der Waals surface area contributed by atoms with Crippen LogP contribution in [0, 0.1) is 5.41 Å². The molecule has 154 valence electrons. The molecule has 0 aliphatic carbocycles. The maximum absolute atomic E-state index is 12.7. The molecular formula is C22H32NO4P. The van der Waals surface area contributed by atoms with E-state index in [1.165, 1.54) is 0 Å². The number of aliphatic hydroxyl groups is 1. The highest BCUT2D eigenvalue weighted by Gasteiger charge is 2.45. The Labute approximate surface area is 168 Å². The SMILES string of the molecule is CCOP(=O)(O)[C@H](O)[C@@H](N(Cc1ccccc1)Cc1ccccc1)C(C)(C)C. The normalized spacial score (nSPS) is 16.5. The predicted octanol–water partition coefficient (Wildman–Crippen LogP) is 4.64. The number of hydrogen-bond donors (Lipinski definition) is 2. The van der Waals surface area contributed by atoms with Gasteiger partial charge in [-0.2, -0.15) is 0 Å². The van der Waals surface area contributed by atoms with Gasteiger partial charge in [-0.15, -0.1) is 0 Å². The van der Waals surface area contributed by atoms with Crippen molar-refractivity contribution in [3.63, 3.8) is 0 Å². The molecule has 2 rings (SSSR count). The lowest BCUT2D eigenvalue weighted by atomic mass is 9.85. The van der Waals surface area contributed by atoms with Gasteiger partial charge in [-0.05, 0) is 23.5 Å². The molecule has 0 fully saturated rings. The molecule has 6 heteroatoms. The molecule has 1 unspecified atom stereocenters. The Balaban J connectivity index is 2.43. The van der Waals surface area contributed by atoms with Gasteiger partial charge in [0.25, 0.3) is 0 Å². The fraction of sp³-hybridized carbons (Fsp3) is 0.455. The summed E-state index contributed by atoms with van der Waals surface area (Å²) >= 11 is 0. The van der Waals surface area contributed by atoms with Crippen LogP contribution in [0.15, 0.2) is 60.7 Å². The lowest BCUT2D eigenvalue weighted by Gasteiger charge is -2.43. The van der Waals surface area contributed by atoms with Gasteiger partial charge in [0.15, 0.2) is 5.85 Å². The highest BCUT2D eigenvalue weighted by atomic mass is 31.2. The van der Waals surface area contributed by atoms with Crippen LogP contribution >= 0.6 is 7.60 Å². The molecule has 28 heavy (non-hydrogen) atoms. The lowest BCUT2D eigenvalue weighted by molar-refractivity contribution is 0.00349. The number of rotatable bonds is 9. The van der Waals surface area contributed by atoms with Gasteiger partial charge in [0, 0.05) is 13.1 Å². The van der Waals surface area contributed by atoms with Crippen LogP contribution in [0.4, 0.5) is 0 Å². The van der Waals surface area contributed by atoms with Gasteiger partial charge in [0.1, 0.15) is 0 Å². The Morgan fingerprint density at radius 3 is 1.75 bits per heavy atom. The maximum Gasteiger partial charge on any atom is 0.357 e. The van der Waals surface area contributed by atoms with Crippen LogP contribution in [0.1, 0.15) is 38.8 Å². The molecule has 0 radical (unpaired) electrons. The van der Waals surface area contributed by atoms with Crippen molar-refractivity contribution >= 4 is 7.60 Å². The van der Waals surface area contributed by atoms with Crippen LogP contribution in [-0.4, -0.2) is 33.4 Å². The van der Waals surface area contributed by atoms with Crippen molar-refractivity contribution < 1.29 is 19.1 Å². The Morgan fingerprint density at radius 1 is 0.964 bits per heavy atom. The summed E-state index contributed by atoms with van der Waals surface area (Å²) < 4.78 is 17.7. The van der Waals surface area contributed by atoms with Gasteiger partial charge < -0.3 is 14.5 Å². The van der Waals surface area contributed by atoms with Crippen LogP contribution < -0.4 is 0 Å². The molecule has 5 nitrogen and oxygen atoms in total. The van der Waals surface area contributed by atoms with E-state index in [-0.39, 0.29) is 6.61 Å². The minimum absolute atomic E-state index is 0.0685. The minimum Gasteiger partial charge on any atom is -0.379 e. The zero-order chi connectivity index (χ0) is 20.8. The molecule has 0 bridgehead atoms. The first-order valence-corrected chi connectivity index (χ1v) is 11.3. The highest BCUT2D eigenvalue weighted by molar-refractivity contribution is 7.53. The predicted molar refractivity (Wildman–Crippen MR) is 113 cm³/mol. The van der Waals surface area contributed by atoms with Crippen LogP contribution in [0.2, 0.25) is 0 Å². The number of nitrogens with zero attached hydrogens (tertiary/aromatic N) is 1. The molecule has 2 N–H and O–H groups in total. The van der Waals surface area contributed by atoms with Crippen LogP contribution in [0.3, 0.4) is 0 Å². The smallest absolute Gasteiger partial charge is 0.357 e. The molecule has 0 amide bonds. The fourth-order valence-corrected chi connectivity index (χ4v) is 5.03. The molecular weight excluding hydrogens is 373 g/mol. The highest BCUT2D eigenvalue weighted by Crippen LogP contribution is 2.51.